The van der Waals surface area contributed by atoms with Crippen LogP contribution in [0, 0.1) is 5.82 Å². The molecule has 3 rings (SSSR count). The molecular formula is C17H19ClFN3O2S. The van der Waals surface area contributed by atoms with Gasteiger partial charge in [-0.15, -0.1) is 11.3 Å². The number of halogens is 2. The van der Waals surface area contributed by atoms with E-state index in [2.05, 4.69) is 29.0 Å². The Labute approximate surface area is 154 Å². The standard InChI is InChI=1S/C17H19ClFN3O2S/c1-10-6-22(7-11(2)24-10)8-13-9-25-17(20-13)21-16(23)14-5-12(18)3-4-15(14)19/h3-5,9-11H,6-8H2,1-2H3,(H,20,21,23)/t10-,11-/m1/s1. The number of nitrogens with one attached hydrogen (secondary N) is 1. The van der Waals surface area contributed by atoms with Crippen LogP contribution in [0.5, 0.6) is 0 Å². The zero-order valence-electron chi connectivity index (χ0n) is 14.0. The van der Waals surface area contributed by atoms with E-state index < -0.39 is 11.7 Å². The second-order valence-electron chi connectivity index (χ2n) is 6.17. The van der Waals surface area contributed by atoms with Crippen LogP contribution in [0.15, 0.2) is 23.6 Å². The first kappa shape index (κ1) is 18.3. The highest BCUT2D eigenvalue weighted by Gasteiger charge is 2.23. The molecule has 1 aromatic heterocycles. The van der Waals surface area contributed by atoms with Crippen LogP contribution in [0.25, 0.3) is 0 Å². The molecule has 0 saturated carbocycles. The molecule has 0 unspecified atom stereocenters. The maximum absolute atomic E-state index is 13.8. The number of hydrogen-bond donors (Lipinski definition) is 1. The molecule has 2 aromatic rings. The van der Waals surface area contributed by atoms with Crippen LogP contribution < -0.4 is 5.32 Å². The van der Waals surface area contributed by atoms with Crippen molar-refractivity contribution in [1.82, 2.24) is 9.88 Å². The number of morpholine rings is 1. The predicted octanol–water partition coefficient (Wildman–Crippen LogP) is 3.80. The van der Waals surface area contributed by atoms with Crippen LogP contribution in [0.1, 0.15) is 29.9 Å². The summed E-state index contributed by atoms with van der Waals surface area (Å²) >= 11 is 7.14. The van der Waals surface area contributed by atoms with Crippen molar-refractivity contribution in [2.24, 2.45) is 0 Å². The molecule has 0 spiro atoms. The van der Waals surface area contributed by atoms with Crippen LogP contribution >= 0.6 is 22.9 Å². The molecule has 25 heavy (non-hydrogen) atoms. The van der Waals surface area contributed by atoms with Crippen molar-refractivity contribution in [3.63, 3.8) is 0 Å². The topological polar surface area (TPSA) is 54.5 Å². The van der Waals surface area contributed by atoms with Crippen LogP contribution in [0.2, 0.25) is 5.02 Å². The monoisotopic (exact) mass is 383 g/mol. The number of carbonyl (C=O) groups excluding carboxylic acids is 1. The smallest absolute Gasteiger partial charge is 0.260 e. The number of anilines is 1. The summed E-state index contributed by atoms with van der Waals surface area (Å²) in [6, 6.07) is 3.88. The average molecular weight is 384 g/mol. The quantitative estimate of drug-likeness (QED) is 0.872. The van der Waals surface area contributed by atoms with Gasteiger partial charge in [-0.2, -0.15) is 0 Å². The Balaban J connectivity index is 1.63. The molecule has 0 bridgehead atoms. The Bertz CT molecular complexity index is 760. The zero-order chi connectivity index (χ0) is 18.0. The fourth-order valence-corrected chi connectivity index (χ4v) is 3.78. The number of aromatic nitrogens is 1. The Morgan fingerprint density at radius 2 is 2.16 bits per heavy atom. The van der Waals surface area contributed by atoms with Gasteiger partial charge in [0.15, 0.2) is 5.13 Å². The lowest BCUT2D eigenvalue weighted by atomic mass is 10.2. The molecular weight excluding hydrogens is 365 g/mol. The van der Waals surface area contributed by atoms with Crippen LogP contribution in [0.3, 0.4) is 0 Å². The summed E-state index contributed by atoms with van der Waals surface area (Å²) in [4.78, 5) is 18.9. The summed E-state index contributed by atoms with van der Waals surface area (Å²) in [5.41, 5.74) is 0.772. The van der Waals surface area contributed by atoms with E-state index in [0.717, 1.165) is 18.8 Å². The number of benzene rings is 1. The van der Waals surface area contributed by atoms with E-state index in [0.29, 0.717) is 16.7 Å². The number of carbonyl (C=O) groups is 1. The maximum atomic E-state index is 13.8. The maximum Gasteiger partial charge on any atom is 0.260 e. The van der Waals surface area contributed by atoms with Crippen LogP contribution in [-0.4, -0.2) is 41.1 Å². The normalized spacial score (nSPS) is 21.3. The lowest BCUT2D eigenvalue weighted by Crippen LogP contribution is -2.44. The number of thiazole rings is 1. The number of ether oxygens (including phenoxy) is 1. The fraction of sp³-hybridized carbons (Fsp3) is 0.412. The van der Waals surface area contributed by atoms with Crippen LogP contribution in [-0.2, 0) is 11.3 Å². The Morgan fingerprint density at radius 3 is 2.88 bits per heavy atom. The number of amides is 1. The number of rotatable bonds is 4. The lowest BCUT2D eigenvalue weighted by molar-refractivity contribution is -0.0707. The van der Waals surface area contributed by atoms with Gasteiger partial charge in [-0.3, -0.25) is 15.0 Å². The SMILES string of the molecule is C[C@@H]1CN(Cc2csc(NC(=O)c3cc(Cl)ccc3F)n2)C[C@@H](C)O1. The van der Waals surface area contributed by atoms with Gasteiger partial charge in [-0.05, 0) is 32.0 Å². The van der Waals surface area contributed by atoms with E-state index in [1.807, 2.05) is 5.38 Å². The molecule has 0 aliphatic carbocycles. The first-order valence-electron chi connectivity index (χ1n) is 7.99. The van der Waals surface area contributed by atoms with Crippen LogP contribution in [0.4, 0.5) is 9.52 Å². The van der Waals surface area contributed by atoms with E-state index in [9.17, 15) is 9.18 Å². The van der Waals surface area contributed by atoms with E-state index in [1.54, 1.807) is 0 Å². The van der Waals surface area contributed by atoms with Gasteiger partial charge in [0.2, 0.25) is 0 Å². The molecule has 1 aromatic carbocycles. The molecule has 8 heteroatoms. The Kier molecular flexibility index (Phi) is 5.68. The van der Waals surface area contributed by atoms with Crippen molar-refractivity contribution in [2.75, 3.05) is 18.4 Å². The largest absolute Gasteiger partial charge is 0.373 e. The summed E-state index contributed by atoms with van der Waals surface area (Å²) in [6.45, 7) is 6.48. The second kappa shape index (κ2) is 7.78. The van der Waals surface area contributed by atoms with E-state index in [4.69, 9.17) is 16.3 Å². The highest BCUT2D eigenvalue weighted by atomic mass is 35.5. The van der Waals surface area contributed by atoms with Gasteiger partial charge in [0.1, 0.15) is 5.82 Å². The summed E-state index contributed by atoms with van der Waals surface area (Å²) in [7, 11) is 0. The summed E-state index contributed by atoms with van der Waals surface area (Å²) in [5.74, 6) is -1.18. The average Bonchev–Trinajstić information content (AvgIpc) is 2.95. The number of hydrogen-bond acceptors (Lipinski definition) is 5. The highest BCUT2D eigenvalue weighted by molar-refractivity contribution is 7.14. The van der Waals surface area contributed by atoms with Crippen molar-refractivity contribution in [3.05, 3.63) is 45.7 Å². The summed E-state index contributed by atoms with van der Waals surface area (Å²) in [6.07, 6.45) is 0.375. The lowest BCUT2D eigenvalue weighted by Gasteiger charge is -2.34. The second-order valence-corrected chi connectivity index (χ2v) is 7.47. The molecule has 134 valence electrons. The van der Waals surface area contributed by atoms with E-state index in [1.165, 1.54) is 29.5 Å². The van der Waals surface area contributed by atoms with Gasteiger partial charge in [0.05, 0.1) is 23.5 Å². The van der Waals surface area contributed by atoms with Gasteiger partial charge in [0.25, 0.3) is 5.91 Å². The third-order valence-electron chi connectivity index (χ3n) is 3.83. The molecule has 1 amide bonds. The fourth-order valence-electron chi connectivity index (χ4n) is 2.92. The third kappa shape index (κ3) is 4.76. The van der Waals surface area contributed by atoms with Gasteiger partial charge in [-0.1, -0.05) is 11.6 Å². The van der Waals surface area contributed by atoms with Crippen molar-refractivity contribution in [3.8, 4) is 0 Å². The predicted molar refractivity (Wildman–Crippen MR) is 96.8 cm³/mol. The molecule has 1 N–H and O–H groups in total. The van der Waals surface area contributed by atoms with Crippen molar-refractivity contribution >= 4 is 34.0 Å². The molecule has 1 saturated heterocycles. The molecule has 2 heterocycles. The first-order chi connectivity index (χ1) is 11.9. The minimum atomic E-state index is -0.616. The Hall–Kier alpha value is -1.54. The number of nitrogens with zero attached hydrogens (tertiary/aromatic N) is 2. The van der Waals surface area contributed by atoms with Gasteiger partial charge < -0.3 is 4.74 Å². The highest BCUT2D eigenvalue weighted by Crippen LogP contribution is 2.21. The molecule has 2 atom stereocenters. The summed E-state index contributed by atoms with van der Waals surface area (Å²) in [5, 5.41) is 5.27. The zero-order valence-corrected chi connectivity index (χ0v) is 15.5. The van der Waals surface area contributed by atoms with Crippen molar-refractivity contribution < 1.29 is 13.9 Å². The van der Waals surface area contributed by atoms with Gasteiger partial charge in [-0.25, -0.2) is 9.37 Å². The third-order valence-corrected chi connectivity index (χ3v) is 4.87. The minimum absolute atomic E-state index is 0.0971. The molecule has 1 fully saturated rings. The van der Waals surface area contributed by atoms with E-state index in [-0.39, 0.29) is 17.8 Å². The minimum Gasteiger partial charge on any atom is -0.373 e. The summed E-state index contributed by atoms with van der Waals surface area (Å²) < 4.78 is 19.5. The molecule has 1 aliphatic heterocycles. The first-order valence-corrected chi connectivity index (χ1v) is 9.25. The van der Waals surface area contributed by atoms with Gasteiger partial charge >= 0.3 is 0 Å². The van der Waals surface area contributed by atoms with Crippen molar-refractivity contribution in [1.29, 1.82) is 0 Å². The Morgan fingerprint density at radius 1 is 1.44 bits per heavy atom. The van der Waals surface area contributed by atoms with Gasteiger partial charge in [0, 0.05) is 30.0 Å². The molecule has 5 nitrogen and oxygen atoms in total. The van der Waals surface area contributed by atoms with E-state index >= 15 is 0 Å². The molecule has 0 radical (unpaired) electrons. The van der Waals surface area contributed by atoms with Crippen molar-refractivity contribution in [2.45, 2.75) is 32.6 Å². The molecule has 1 aliphatic rings.